The van der Waals surface area contributed by atoms with Gasteiger partial charge in [-0.2, -0.15) is 0 Å². The molecule has 0 aromatic rings. The number of rotatable bonds is 1. The van der Waals surface area contributed by atoms with E-state index < -0.39 is 14.8 Å². The molecule has 0 saturated carbocycles. The Kier molecular flexibility index (Phi) is 2.49. The molecule has 0 rings (SSSR count). The molecule has 3 nitrogen and oxygen atoms in total. The Morgan fingerprint density at radius 2 is 1.40 bits per heavy atom. The normalized spacial score (nSPS) is 14.2. The fourth-order valence-electron chi connectivity index (χ4n) is 0.548. The van der Waals surface area contributed by atoms with Crippen LogP contribution in [0.2, 0.25) is 0 Å². The van der Waals surface area contributed by atoms with Gasteiger partial charge in [-0.05, 0) is 20.8 Å². The molecule has 0 heterocycles. The van der Waals surface area contributed by atoms with Crippen molar-refractivity contribution in [2.24, 2.45) is 0 Å². The Bertz CT molecular complexity index is 198. The SMILES string of the molecule is CN(C)S(=O)(=O)C(C)(C)C. The summed E-state index contributed by atoms with van der Waals surface area (Å²) in [4.78, 5) is 0. The van der Waals surface area contributed by atoms with Crippen LogP contribution in [0, 0.1) is 0 Å². The lowest BCUT2D eigenvalue weighted by atomic mass is 10.3. The van der Waals surface area contributed by atoms with Crippen LogP contribution in [0.5, 0.6) is 0 Å². The van der Waals surface area contributed by atoms with Crippen LogP contribution in [0.4, 0.5) is 0 Å². The highest BCUT2D eigenvalue weighted by molar-refractivity contribution is 7.90. The lowest BCUT2D eigenvalue weighted by molar-refractivity contribution is 0.487. The van der Waals surface area contributed by atoms with Crippen molar-refractivity contribution in [1.82, 2.24) is 4.31 Å². The highest BCUT2D eigenvalue weighted by Crippen LogP contribution is 2.16. The predicted octanol–water partition coefficient (Wildman–Crippen LogP) is 0.676. The molecule has 0 aliphatic carbocycles. The van der Waals surface area contributed by atoms with Crippen molar-refractivity contribution >= 4 is 10.0 Å². The zero-order chi connectivity index (χ0) is 8.58. The number of sulfonamides is 1. The minimum Gasteiger partial charge on any atom is -0.212 e. The third-order valence-corrected chi connectivity index (χ3v) is 3.76. The third kappa shape index (κ3) is 1.70. The van der Waals surface area contributed by atoms with Gasteiger partial charge in [0.1, 0.15) is 0 Å². The summed E-state index contributed by atoms with van der Waals surface area (Å²) in [7, 11) is 0.00347. The molecule has 0 aliphatic rings. The Labute approximate surface area is 63.1 Å². The van der Waals surface area contributed by atoms with E-state index in [1.165, 1.54) is 4.31 Å². The van der Waals surface area contributed by atoms with E-state index in [2.05, 4.69) is 0 Å². The smallest absolute Gasteiger partial charge is 0.212 e. The number of nitrogens with zero attached hydrogens (tertiary/aromatic N) is 1. The van der Waals surface area contributed by atoms with Crippen molar-refractivity contribution in [1.29, 1.82) is 0 Å². The Morgan fingerprint density at radius 1 is 1.10 bits per heavy atom. The van der Waals surface area contributed by atoms with Crippen LogP contribution in [0.15, 0.2) is 0 Å². The van der Waals surface area contributed by atoms with E-state index in [9.17, 15) is 8.42 Å². The molecule has 0 aliphatic heterocycles. The third-order valence-electron chi connectivity index (χ3n) is 1.25. The van der Waals surface area contributed by atoms with Crippen LogP contribution in [0.3, 0.4) is 0 Å². The molecule has 0 aromatic heterocycles. The maximum atomic E-state index is 11.3. The zero-order valence-corrected chi connectivity index (χ0v) is 7.99. The fraction of sp³-hybridized carbons (Fsp3) is 1.00. The molecule has 0 amide bonds. The summed E-state index contributed by atoms with van der Waals surface area (Å²) in [6.45, 7) is 5.05. The van der Waals surface area contributed by atoms with Crippen molar-refractivity contribution in [3.05, 3.63) is 0 Å². The molecule has 0 fully saturated rings. The van der Waals surface area contributed by atoms with Gasteiger partial charge in [-0.25, -0.2) is 12.7 Å². The Hall–Kier alpha value is -0.0900. The minimum atomic E-state index is -3.08. The van der Waals surface area contributed by atoms with E-state index in [4.69, 9.17) is 0 Å². The highest BCUT2D eigenvalue weighted by atomic mass is 32.2. The maximum Gasteiger partial charge on any atom is 0.218 e. The van der Waals surface area contributed by atoms with Crippen molar-refractivity contribution in [2.75, 3.05) is 14.1 Å². The quantitative estimate of drug-likeness (QED) is 0.573. The van der Waals surface area contributed by atoms with E-state index in [-0.39, 0.29) is 0 Å². The van der Waals surface area contributed by atoms with Crippen LogP contribution in [0.25, 0.3) is 0 Å². The zero-order valence-electron chi connectivity index (χ0n) is 7.17. The van der Waals surface area contributed by atoms with Crippen LogP contribution >= 0.6 is 0 Å². The molecular weight excluding hydrogens is 150 g/mol. The minimum absolute atomic E-state index is 0.684. The monoisotopic (exact) mass is 165 g/mol. The molecule has 62 valence electrons. The molecule has 0 N–H and O–H groups in total. The summed E-state index contributed by atoms with van der Waals surface area (Å²) in [5.74, 6) is 0. The van der Waals surface area contributed by atoms with Crippen LogP contribution in [0.1, 0.15) is 20.8 Å². The standard InChI is InChI=1S/C6H15NO2S/c1-6(2,3)10(8,9)7(4)5/h1-5H3. The molecule has 0 atom stereocenters. The lowest BCUT2D eigenvalue weighted by Gasteiger charge is -2.23. The summed E-state index contributed by atoms with van der Waals surface area (Å²) in [6.07, 6.45) is 0. The second-order valence-corrected chi connectivity index (χ2v) is 6.30. The average molecular weight is 165 g/mol. The summed E-state index contributed by atoms with van der Waals surface area (Å²) in [5, 5.41) is 0. The van der Waals surface area contributed by atoms with Gasteiger partial charge in [-0.3, -0.25) is 0 Å². The molecule has 10 heavy (non-hydrogen) atoms. The topological polar surface area (TPSA) is 37.4 Å². The van der Waals surface area contributed by atoms with Gasteiger partial charge in [0.05, 0.1) is 4.75 Å². The molecule has 0 aromatic carbocycles. The Morgan fingerprint density at radius 3 is 1.40 bits per heavy atom. The van der Waals surface area contributed by atoms with Crippen molar-refractivity contribution in [2.45, 2.75) is 25.5 Å². The van der Waals surface area contributed by atoms with Gasteiger partial charge in [0.2, 0.25) is 10.0 Å². The maximum absolute atomic E-state index is 11.3. The van der Waals surface area contributed by atoms with Gasteiger partial charge in [0.25, 0.3) is 0 Å². The van der Waals surface area contributed by atoms with Crippen LogP contribution in [-0.4, -0.2) is 31.6 Å². The first-order valence-corrected chi connectivity index (χ1v) is 4.55. The predicted molar refractivity (Wildman–Crippen MR) is 42.4 cm³/mol. The second-order valence-electron chi connectivity index (χ2n) is 3.40. The molecule has 0 saturated heterocycles. The van der Waals surface area contributed by atoms with Crippen LogP contribution < -0.4 is 0 Å². The van der Waals surface area contributed by atoms with Crippen molar-refractivity contribution < 1.29 is 8.42 Å². The fourth-order valence-corrected chi connectivity index (χ4v) is 1.64. The largest absolute Gasteiger partial charge is 0.218 e. The molecule has 0 spiro atoms. The summed E-state index contributed by atoms with van der Waals surface area (Å²) in [5.41, 5.74) is 0. The molecular formula is C6H15NO2S. The van der Waals surface area contributed by atoms with E-state index >= 15 is 0 Å². The first-order chi connectivity index (χ1) is 4.19. The molecule has 0 radical (unpaired) electrons. The number of hydrogen-bond donors (Lipinski definition) is 0. The summed E-state index contributed by atoms with van der Waals surface area (Å²) >= 11 is 0. The van der Waals surface area contributed by atoms with Gasteiger partial charge < -0.3 is 0 Å². The van der Waals surface area contributed by atoms with E-state index in [1.54, 1.807) is 34.9 Å². The van der Waals surface area contributed by atoms with Gasteiger partial charge in [0, 0.05) is 14.1 Å². The van der Waals surface area contributed by atoms with Gasteiger partial charge in [-0.1, -0.05) is 0 Å². The van der Waals surface area contributed by atoms with Crippen molar-refractivity contribution in [3.63, 3.8) is 0 Å². The van der Waals surface area contributed by atoms with E-state index in [0.717, 1.165) is 0 Å². The second kappa shape index (κ2) is 2.51. The van der Waals surface area contributed by atoms with Gasteiger partial charge in [0.15, 0.2) is 0 Å². The first kappa shape index (κ1) is 9.91. The first-order valence-electron chi connectivity index (χ1n) is 3.11. The van der Waals surface area contributed by atoms with E-state index in [0.29, 0.717) is 0 Å². The summed E-state index contributed by atoms with van der Waals surface area (Å²) < 4.78 is 23.1. The number of hydrogen-bond acceptors (Lipinski definition) is 2. The highest BCUT2D eigenvalue weighted by Gasteiger charge is 2.30. The van der Waals surface area contributed by atoms with Crippen LogP contribution in [-0.2, 0) is 10.0 Å². The Balaban J connectivity index is 4.79. The lowest BCUT2D eigenvalue weighted by Crippen LogP contribution is -2.38. The van der Waals surface area contributed by atoms with Gasteiger partial charge in [-0.15, -0.1) is 0 Å². The van der Waals surface area contributed by atoms with Crippen molar-refractivity contribution in [3.8, 4) is 0 Å². The molecule has 4 heteroatoms. The molecule has 0 bridgehead atoms. The van der Waals surface area contributed by atoms with E-state index in [1.807, 2.05) is 0 Å². The van der Waals surface area contributed by atoms with Gasteiger partial charge >= 0.3 is 0 Å². The summed E-state index contributed by atoms with van der Waals surface area (Å²) in [6, 6.07) is 0. The molecule has 0 unspecified atom stereocenters. The average Bonchev–Trinajstić information content (AvgIpc) is 1.62.